The smallest absolute Gasteiger partial charge is 0.243 e. The van der Waals surface area contributed by atoms with Crippen molar-refractivity contribution < 1.29 is 17.6 Å². The van der Waals surface area contributed by atoms with Gasteiger partial charge >= 0.3 is 0 Å². The van der Waals surface area contributed by atoms with Gasteiger partial charge in [-0.25, -0.2) is 12.8 Å². The van der Waals surface area contributed by atoms with Gasteiger partial charge < -0.3 is 5.32 Å². The Labute approximate surface area is 184 Å². The zero-order valence-corrected chi connectivity index (χ0v) is 17.9. The molecule has 0 aliphatic heterocycles. The molecule has 0 heterocycles. The van der Waals surface area contributed by atoms with E-state index in [-0.39, 0.29) is 17.1 Å². The maximum Gasteiger partial charge on any atom is 0.243 e. The van der Waals surface area contributed by atoms with Crippen LogP contribution in [0.3, 0.4) is 0 Å². The van der Waals surface area contributed by atoms with Crippen LogP contribution < -0.4 is 5.32 Å². The average Bonchev–Trinajstić information content (AvgIpc) is 2.71. The van der Waals surface area contributed by atoms with Crippen molar-refractivity contribution in [2.45, 2.75) is 11.4 Å². The number of nitrogens with one attached hydrogen (secondary N) is 1. The Morgan fingerprint density at radius 3 is 2.07 bits per heavy atom. The van der Waals surface area contributed by atoms with Crippen LogP contribution in [0.4, 0.5) is 10.1 Å². The minimum absolute atomic E-state index is 0.0143. The second-order valence-electron chi connectivity index (χ2n) is 6.38. The SMILES string of the molecule is O=C(CN(Cc1ccc(Cl)cc1)S(=O)(=O)c1ccc(Cl)cc1)Nc1ccccc1F. The predicted molar refractivity (Wildman–Crippen MR) is 116 cm³/mol. The Hall–Kier alpha value is -2.45. The van der Waals surface area contributed by atoms with E-state index in [0.717, 1.165) is 4.31 Å². The van der Waals surface area contributed by atoms with Gasteiger partial charge in [0.2, 0.25) is 15.9 Å². The molecule has 3 aromatic carbocycles. The largest absolute Gasteiger partial charge is 0.322 e. The van der Waals surface area contributed by atoms with Crippen LogP contribution in [0.1, 0.15) is 5.56 Å². The number of rotatable bonds is 7. The first-order chi connectivity index (χ1) is 14.3. The fourth-order valence-electron chi connectivity index (χ4n) is 2.69. The Morgan fingerprint density at radius 1 is 0.900 bits per heavy atom. The maximum absolute atomic E-state index is 13.8. The average molecular weight is 467 g/mol. The van der Waals surface area contributed by atoms with Gasteiger partial charge in [-0.2, -0.15) is 4.31 Å². The van der Waals surface area contributed by atoms with Crippen LogP contribution in [-0.2, 0) is 21.4 Å². The van der Waals surface area contributed by atoms with Crippen molar-refractivity contribution in [3.05, 3.63) is 94.2 Å². The van der Waals surface area contributed by atoms with Crippen LogP contribution >= 0.6 is 23.2 Å². The van der Waals surface area contributed by atoms with E-state index in [1.807, 2.05) is 0 Å². The molecule has 9 heteroatoms. The summed E-state index contributed by atoms with van der Waals surface area (Å²) in [4.78, 5) is 12.5. The van der Waals surface area contributed by atoms with Crippen LogP contribution in [-0.4, -0.2) is 25.2 Å². The topological polar surface area (TPSA) is 66.5 Å². The highest BCUT2D eigenvalue weighted by Gasteiger charge is 2.27. The molecule has 3 aromatic rings. The number of amides is 1. The van der Waals surface area contributed by atoms with Crippen molar-refractivity contribution in [3.8, 4) is 0 Å². The molecule has 156 valence electrons. The summed E-state index contributed by atoms with van der Waals surface area (Å²) in [6.07, 6.45) is 0. The number of halogens is 3. The summed E-state index contributed by atoms with van der Waals surface area (Å²) in [5, 5.41) is 3.29. The van der Waals surface area contributed by atoms with E-state index < -0.39 is 28.3 Å². The highest BCUT2D eigenvalue weighted by molar-refractivity contribution is 7.89. The van der Waals surface area contributed by atoms with E-state index in [2.05, 4.69) is 5.32 Å². The first kappa shape index (κ1) is 22.2. The van der Waals surface area contributed by atoms with E-state index in [9.17, 15) is 17.6 Å². The molecule has 5 nitrogen and oxygen atoms in total. The maximum atomic E-state index is 13.8. The molecule has 0 aromatic heterocycles. The summed E-state index contributed by atoms with van der Waals surface area (Å²) in [6.45, 7) is -0.589. The standard InChI is InChI=1S/C21H17Cl2FN2O3S/c22-16-7-5-15(6-8-16)13-26(30(28,29)18-11-9-17(23)10-12-18)14-21(27)25-20-4-2-1-3-19(20)24/h1-12H,13-14H2,(H,25,27). The van der Waals surface area contributed by atoms with Gasteiger partial charge in [0.15, 0.2) is 0 Å². The molecule has 3 rings (SSSR count). The summed E-state index contributed by atoms with van der Waals surface area (Å²) < 4.78 is 41.2. The number of sulfonamides is 1. The highest BCUT2D eigenvalue weighted by atomic mass is 35.5. The highest BCUT2D eigenvalue weighted by Crippen LogP contribution is 2.22. The first-order valence-corrected chi connectivity index (χ1v) is 11.0. The van der Waals surface area contributed by atoms with Gasteiger partial charge in [-0.15, -0.1) is 0 Å². The number of para-hydroxylation sites is 1. The zero-order valence-electron chi connectivity index (χ0n) is 15.6. The molecular formula is C21H17Cl2FN2O3S. The molecule has 0 fully saturated rings. The summed E-state index contributed by atoms with van der Waals surface area (Å²) in [5.74, 6) is -1.29. The van der Waals surface area contributed by atoms with Gasteiger partial charge in [-0.05, 0) is 54.1 Å². The zero-order chi connectivity index (χ0) is 21.7. The second kappa shape index (κ2) is 9.57. The molecule has 1 amide bonds. The van der Waals surface area contributed by atoms with Gasteiger partial charge in [0, 0.05) is 16.6 Å². The number of carbonyl (C=O) groups is 1. The van der Waals surface area contributed by atoms with Crippen molar-refractivity contribution in [2.75, 3.05) is 11.9 Å². The fraction of sp³-hybridized carbons (Fsp3) is 0.0952. The minimum Gasteiger partial charge on any atom is -0.322 e. The summed E-state index contributed by atoms with van der Waals surface area (Å²) in [6, 6.07) is 17.9. The third kappa shape index (κ3) is 5.58. The van der Waals surface area contributed by atoms with Gasteiger partial charge in [0.05, 0.1) is 17.1 Å². The van der Waals surface area contributed by atoms with E-state index >= 15 is 0 Å². The first-order valence-electron chi connectivity index (χ1n) is 8.80. The molecule has 0 saturated heterocycles. The lowest BCUT2D eigenvalue weighted by molar-refractivity contribution is -0.116. The molecule has 1 N–H and O–H groups in total. The third-order valence-corrected chi connectivity index (χ3v) is 6.50. The molecule has 0 bridgehead atoms. The van der Waals surface area contributed by atoms with Crippen molar-refractivity contribution in [1.82, 2.24) is 4.31 Å². The van der Waals surface area contributed by atoms with Gasteiger partial charge in [0.25, 0.3) is 0 Å². The molecule has 30 heavy (non-hydrogen) atoms. The Morgan fingerprint density at radius 2 is 1.47 bits per heavy atom. The lowest BCUT2D eigenvalue weighted by Crippen LogP contribution is -2.37. The van der Waals surface area contributed by atoms with Crippen LogP contribution in [0.15, 0.2) is 77.7 Å². The molecule has 0 radical (unpaired) electrons. The van der Waals surface area contributed by atoms with Gasteiger partial charge in [-0.3, -0.25) is 4.79 Å². The molecular weight excluding hydrogens is 450 g/mol. The quantitative estimate of drug-likeness (QED) is 0.534. The van der Waals surface area contributed by atoms with Crippen molar-refractivity contribution in [1.29, 1.82) is 0 Å². The van der Waals surface area contributed by atoms with Crippen LogP contribution in [0, 0.1) is 5.82 Å². The molecule has 0 unspecified atom stereocenters. The Balaban J connectivity index is 1.88. The number of nitrogens with zero attached hydrogens (tertiary/aromatic N) is 1. The number of hydrogen-bond acceptors (Lipinski definition) is 3. The summed E-state index contributed by atoms with van der Waals surface area (Å²) >= 11 is 11.7. The van der Waals surface area contributed by atoms with Crippen molar-refractivity contribution in [2.24, 2.45) is 0 Å². The third-order valence-electron chi connectivity index (χ3n) is 4.19. The molecule has 0 saturated carbocycles. The van der Waals surface area contributed by atoms with E-state index in [4.69, 9.17) is 23.2 Å². The lowest BCUT2D eigenvalue weighted by atomic mass is 10.2. The molecule has 0 aliphatic carbocycles. The summed E-state index contributed by atoms with van der Waals surface area (Å²) in [5.41, 5.74) is 0.605. The molecule has 0 atom stereocenters. The Bertz CT molecular complexity index is 1140. The minimum atomic E-state index is -4.04. The van der Waals surface area contributed by atoms with Crippen LogP contribution in [0.25, 0.3) is 0 Å². The summed E-state index contributed by atoms with van der Waals surface area (Å²) in [7, 11) is -4.04. The normalized spacial score (nSPS) is 11.5. The number of carbonyl (C=O) groups excluding carboxylic acids is 1. The lowest BCUT2D eigenvalue weighted by Gasteiger charge is -2.22. The number of benzene rings is 3. The van der Waals surface area contributed by atoms with E-state index in [1.54, 1.807) is 30.3 Å². The van der Waals surface area contributed by atoms with Crippen molar-refractivity contribution in [3.63, 3.8) is 0 Å². The monoisotopic (exact) mass is 466 g/mol. The van der Waals surface area contributed by atoms with Crippen LogP contribution in [0.2, 0.25) is 10.0 Å². The fourth-order valence-corrected chi connectivity index (χ4v) is 4.32. The Kier molecular flexibility index (Phi) is 7.10. The van der Waals surface area contributed by atoms with Crippen LogP contribution in [0.5, 0.6) is 0 Å². The molecule has 0 aliphatic rings. The van der Waals surface area contributed by atoms with E-state index in [0.29, 0.717) is 15.6 Å². The van der Waals surface area contributed by atoms with Gasteiger partial charge in [-0.1, -0.05) is 47.5 Å². The second-order valence-corrected chi connectivity index (χ2v) is 9.19. The van der Waals surface area contributed by atoms with E-state index in [1.165, 1.54) is 42.5 Å². The van der Waals surface area contributed by atoms with Crippen molar-refractivity contribution >= 4 is 44.8 Å². The van der Waals surface area contributed by atoms with Gasteiger partial charge in [0.1, 0.15) is 5.82 Å². The number of hydrogen-bond donors (Lipinski definition) is 1. The predicted octanol–water partition coefficient (Wildman–Crippen LogP) is 4.96. The molecule has 0 spiro atoms. The number of anilines is 1.